The average Bonchev–Trinajstić information content (AvgIpc) is 3.04. The summed E-state index contributed by atoms with van der Waals surface area (Å²) in [5, 5.41) is 6.44. The first kappa shape index (κ1) is 25.5. The number of urea groups is 1. The van der Waals surface area contributed by atoms with E-state index in [1.54, 1.807) is 27.7 Å². The Morgan fingerprint density at radius 3 is 2.74 bits per heavy atom. The van der Waals surface area contributed by atoms with Crippen LogP contribution in [0.2, 0.25) is 5.02 Å². The molecule has 35 heavy (non-hydrogen) atoms. The molecule has 2 aliphatic rings. The number of amides is 3. The minimum atomic E-state index is -0.288. The van der Waals surface area contributed by atoms with E-state index in [1.165, 1.54) is 19.3 Å². The van der Waals surface area contributed by atoms with Gasteiger partial charge in [-0.1, -0.05) is 37.9 Å². The highest BCUT2D eigenvalue weighted by atomic mass is 35.5. The summed E-state index contributed by atoms with van der Waals surface area (Å²) in [6.07, 6.45) is 5.50. The molecule has 2 aliphatic heterocycles. The second-order valence-corrected chi connectivity index (χ2v) is 9.86. The highest BCUT2D eigenvalue weighted by molar-refractivity contribution is 6.36. The van der Waals surface area contributed by atoms with E-state index in [1.807, 2.05) is 20.2 Å². The minimum absolute atomic E-state index is 0.262. The maximum Gasteiger partial charge on any atom is 0.326 e. The molecule has 1 aromatic carbocycles. The molecule has 2 aromatic rings. The summed E-state index contributed by atoms with van der Waals surface area (Å²) in [4.78, 5) is 33.2. The fraction of sp³-hybridized carbons (Fsp3) is 0.538. The van der Waals surface area contributed by atoms with Gasteiger partial charge in [-0.2, -0.15) is 0 Å². The number of likely N-dealkylation sites (tertiary alicyclic amines) is 1. The van der Waals surface area contributed by atoms with Gasteiger partial charge in [-0.15, -0.1) is 0 Å². The molecule has 9 heteroatoms. The lowest BCUT2D eigenvalue weighted by Crippen LogP contribution is -2.50. The molecule has 1 fully saturated rings. The molecular formula is C26H37ClN6O2. The van der Waals surface area contributed by atoms with Gasteiger partial charge in [0.05, 0.1) is 22.1 Å². The highest BCUT2D eigenvalue weighted by Gasteiger charge is 2.35. The maximum absolute atomic E-state index is 13.7. The summed E-state index contributed by atoms with van der Waals surface area (Å²) in [7, 11) is 1.81. The number of nitrogens with zero attached hydrogens (tertiary/aromatic N) is 4. The molecule has 1 atom stereocenters. The number of anilines is 3. The van der Waals surface area contributed by atoms with Gasteiger partial charge >= 0.3 is 6.03 Å². The molecule has 4 rings (SSSR count). The maximum atomic E-state index is 13.7. The summed E-state index contributed by atoms with van der Waals surface area (Å²) in [6, 6.07) is 5.50. The molecule has 0 saturated carbocycles. The lowest BCUT2D eigenvalue weighted by Gasteiger charge is -2.38. The quantitative estimate of drug-likeness (QED) is 0.583. The van der Waals surface area contributed by atoms with Crippen LogP contribution < -0.4 is 15.5 Å². The van der Waals surface area contributed by atoms with Gasteiger partial charge in [0.2, 0.25) is 0 Å². The van der Waals surface area contributed by atoms with Crippen LogP contribution in [0.15, 0.2) is 24.4 Å². The van der Waals surface area contributed by atoms with Crippen LogP contribution in [0.25, 0.3) is 0 Å². The van der Waals surface area contributed by atoms with Crippen LogP contribution in [0.3, 0.4) is 0 Å². The summed E-state index contributed by atoms with van der Waals surface area (Å²) in [5.74, 6) is -0.262. The summed E-state index contributed by atoms with van der Waals surface area (Å²) in [5.41, 5.74) is 2.83. The fourth-order valence-electron chi connectivity index (χ4n) is 5.39. The van der Waals surface area contributed by atoms with E-state index in [9.17, 15) is 9.59 Å². The number of carbonyl (C=O) groups excluding carboxylic acids is 2. The van der Waals surface area contributed by atoms with Crippen molar-refractivity contribution in [2.45, 2.75) is 46.1 Å². The number of para-hydroxylation sites is 1. The van der Waals surface area contributed by atoms with E-state index in [0.717, 1.165) is 38.3 Å². The third kappa shape index (κ3) is 5.20. The second kappa shape index (κ2) is 11.0. The molecular weight excluding hydrogens is 464 g/mol. The number of halogens is 1. The average molecular weight is 501 g/mol. The number of likely N-dealkylation sites (N-methyl/N-ethyl adjacent to an activating group) is 1. The van der Waals surface area contributed by atoms with Crippen molar-refractivity contribution in [3.63, 3.8) is 0 Å². The number of carbonyl (C=O) groups is 2. The predicted molar refractivity (Wildman–Crippen MR) is 142 cm³/mol. The molecule has 3 amide bonds. The number of benzene rings is 1. The van der Waals surface area contributed by atoms with Gasteiger partial charge in [0.15, 0.2) is 0 Å². The smallest absolute Gasteiger partial charge is 0.326 e. The molecule has 2 N–H and O–H groups in total. The van der Waals surface area contributed by atoms with Crippen molar-refractivity contribution in [1.82, 2.24) is 19.7 Å². The van der Waals surface area contributed by atoms with Crippen molar-refractivity contribution < 1.29 is 9.59 Å². The van der Waals surface area contributed by atoms with Gasteiger partial charge in [-0.05, 0) is 57.1 Å². The zero-order valence-electron chi connectivity index (χ0n) is 21.2. The Morgan fingerprint density at radius 2 is 2.00 bits per heavy atom. The number of hydrogen-bond acceptors (Lipinski definition) is 4. The second-order valence-electron chi connectivity index (χ2n) is 9.45. The Morgan fingerprint density at radius 1 is 1.23 bits per heavy atom. The monoisotopic (exact) mass is 500 g/mol. The van der Waals surface area contributed by atoms with E-state index in [4.69, 9.17) is 11.6 Å². The molecule has 8 nitrogen and oxygen atoms in total. The normalized spacial score (nSPS) is 18.2. The summed E-state index contributed by atoms with van der Waals surface area (Å²) >= 11 is 6.59. The molecule has 3 heterocycles. The van der Waals surface area contributed by atoms with E-state index >= 15 is 0 Å². The van der Waals surface area contributed by atoms with Gasteiger partial charge in [-0.25, -0.2) is 4.79 Å². The van der Waals surface area contributed by atoms with Crippen LogP contribution in [0.4, 0.5) is 21.9 Å². The van der Waals surface area contributed by atoms with Crippen molar-refractivity contribution in [2.75, 3.05) is 49.5 Å². The first-order valence-electron chi connectivity index (χ1n) is 12.7. The van der Waals surface area contributed by atoms with E-state index in [2.05, 4.69) is 34.3 Å². The van der Waals surface area contributed by atoms with Crippen molar-refractivity contribution in [3.8, 4) is 0 Å². The Balaban J connectivity index is 1.54. The van der Waals surface area contributed by atoms with Crippen molar-refractivity contribution in [3.05, 3.63) is 40.7 Å². The summed E-state index contributed by atoms with van der Waals surface area (Å²) < 4.78 is 1.76. The molecule has 1 aromatic heterocycles. The number of aryl methyl sites for hydroxylation is 2. The van der Waals surface area contributed by atoms with Gasteiger partial charge in [0.25, 0.3) is 5.91 Å². The van der Waals surface area contributed by atoms with Crippen LogP contribution >= 0.6 is 11.6 Å². The van der Waals surface area contributed by atoms with Crippen LogP contribution in [0.1, 0.15) is 49.2 Å². The third-order valence-corrected chi connectivity index (χ3v) is 7.53. The molecule has 0 radical (unpaired) electrons. The predicted octanol–water partition coefficient (Wildman–Crippen LogP) is 4.60. The van der Waals surface area contributed by atoms with Gasteiger partial charge in [0, 0.05) is 38.9 Å². The topological polar surface area (TPSA) is 72.8 Å². The molecule has 1 saturated heterocycles. The minimum Gasteiger partial charge on any atom is -0.345 e. The first-order chi connectivity index (χ1) is 16.8. The molecule has 0 spiro atoms. The number of nitrogens with one attached hydrogen (secondary N) is 2. The van der Waals surface area contributed by atoms with E-state index < -0.39 is 0 Å². The van der Waals surface area contributed by atoms with E-state index in [-0.39, 0.29) is 11.9 Å². The molecule has 0 bridgehead atoms. The fourth-order valence-corrected chi connectivity index (χ4v) is 5.65. The van der Waals surface area contributed by atoms with E-state index in [0.29, 0.717) is 40.4 Å². The van der Waals surface area contributed by atoms with Crippen molar-refractivity contribution in [2.24, 2.45) is 7.05 Å². The largest absolute Gasteiger partial charge is 0.345 e. The molecule has 0 aliphatic carbocycles. The SMILES string of the molecule is CCN(CC)CC1CCCCN1CCNC(=O)N1c2c(Cl)cccc2NC(=O)c2c1c(C)cn2C. The van der Waals surface area contributed by atoms with Crippen molar-refractivity contribution >= 4 is 40.6 Å². The standard InChI is InChI=1S/C26H37ClN6O2/c1-5-31(6-2)17-19-10-7-8-14-32(19)15-13-28-26(35)33-22-18(3)16-30(4)24(22)25(34)29-21-12-9-11-20(27)23(21)33/h9,11-12,16,19H,5-8,10,13-15,17H2,1-4H3,(H,28,35)(H,29,34). The molecule has 190 valence electrons. The zero-order chi connectivity index (χ0) is 25.1. The molecule has 1 unspecified atom stereocenters. The van der Waals surface area contributed by atoms with Gasteiger partial charge in [0.1, 0.15) is 5.69 Å². The van der Waals surface area contributed by atoms with Crippen LogP contribution in [-0.2, 0) is 7.05 Å². The number of aromatic nitrogens is 1. The lowest BCUT2D eigenvalue weighted by molar-refractivity contribution is 0.102. The van der Waals surface area contributed by atoms with Crippen LogP contribution in [0, 0.1) is 6.92 Å². The van der Waals surface area contributed by atoms with Crippen LogP contribution in [-0.4, -0.2) is 71.6 Å². The lowest BCUT2D eigenvalue weighted by atomic mass is 10.0. The first-order valence-corrected chi connectivity index (χ1v) is 13.0. The third-order valence-electron chi connectivity index (χ3n) is 7.23. The zero-order valence-corrected chi connectivity index (χ0v) is 22.0. The highest BCUT2D eigenvalue weighted by Crippen LogP contribution is 2.44. The number of rotatable bonds is 7. The Bertz CT molecular complexity index is 1080. The number of hydrogen-bond donors (Lipinski definition) is 2. The van der Waals surface area contributed by atoms with Gasteiger partial charge in [-0.3, -0.25) is 14.6 Å². The Hall–Kier alpha value is -2.55. The summed E-state index contributed by atoms with van der Waals surface area (Å²) in [6.45, 7) is 11.9. The van der Waals surface area contributed by atoms with Crippen molar-refractivity contribution in [1.29, 1.82) is 0 Å². The number of piperidine rings is 1. The Labute approximate surface area is 213 Å². The Kier molecular flexibility index (Phi) is 8.04. The van der Waals surface area contributed by atoms with Crippen LogP contribution in [0.5, 0.6) is 0 Å². The number of fused-ring (bicyclic) bond motifs is 2. The van der Waals surface area contributed by atoms with Gasteiger partial charge < -0.3 is 20.1 Å².